The van der Waals surface area contributed by atoms with Crippen molar-refractivity contribution in [2.24, 2.45) is 0 Å². The Balaban J connectivity index is 3.40. The molecule has 0 bridgehead atoms. The molecule has 0 atom stereocenters. The fourth-order valence-electron chi connectivity index (χ4n) is 0.314. The molecule has 0 aliphatic carbocycles. The van der Waals surface area contributed by atoms with Gasteiger partial charge < -0.3 is 4.90 Å². The predicted molar refractivity (Wildman–Crippen MR) is 28.9 cm³/mol. The van der Waals surface area contributed by atoms with Gasteiger partial charge in [-0.1, -0.05) is 0 Å². The van der Waals surface area contributed by atoms with Crippen LogP contribution in [0.2, 0.25) is 0 Å². The molecule has 0 aromatic carbocycles. The highest BCUT2D eigenvalue weighted by Crippen LogP contribution is 1.76. The van der Waals surface area contributed by atoms with Crippen molar-refractivity contribution in [3.8, 4) is 6.07 Å². The van der Waals surface area contributed by atoms with Crippen LogP contribution < -0.4 is 0 Å². The van der Waals surface area contributed by atoms with Gasteiger partial charge in [-0.15, -0.1) is 0 Å². The van der Waals surface area contributed by atoms with E-state index in [0.29, 0.717) is 13.0 Å². The van der Waals surface area contributed by atoms with E-state index >= 15 is 0 Å². The smallest absolute Gasteiger partial charge is 0.210 e. The summed E-state index contributed by atoms with van der Waals surface area (Å²) in [6, 6.07) is 1.86. The van der Waals surface area contributed by atoms with Crippen LogP contribution in [0.5, 0.6) is 0 Å². The summed E-state index contributed by atoms with van der Waals surface area (Å²) in [6.07, 6.45) is 0.670. The van der Waals surface area contributed by atoms with Gasteiger partial charge in [0.05, 0.1) is 6.07 Å². The summed E-state index contributed by atoms with van der Waals surface area (Å²) in [4.78, 5) is 11.3. The monoisotopic (exact) mass is 112 g/mol. The SMILES string of the molecule is CCN(C=O)CC#N. The normalized spacial score (nSPS) is 7.50. The van der Waals surface area contributed by atoms with E-state index in [1.807, 2.05) is 13.0 Å². The molecule has 0 radical (unpaired) electrons. The molecule has 0 spiro atoms. The van der Waals surface area contributed by atoms with Crippen molar-refractivity contribution in [1.29, 1.82) is 5.26 Å². The fraction of sp³-hybridized carbons (Fsp3) is 0.600. The molecule has 0 aliphatic rings. The van der Waals surface area contributed by atoms with Gasteiger partial charge in [0.1, 0.15) is 6.54 Å². The van der Waals surface area contributed by atoms with Crippen molar-refractivity contribution in [1.82, 2.24) is 4.90 Å². The molecular weight excluding hydrogens is 104 g/mol. The quantitative estimate of drug-likeness (QED) is 0.380. The van der Waals surface area contributed by atoms with Gasteiger partial charge in [-0.25, -0.2) is 0 Å². The van der Waals surface area contributed by atoms with Gasteiger partial charge in [0, 0.05) is 6.54 Å². The lowest BCUT2D eigenvalue weighted by Crippen LogP contribution is -2.20. The first kappa shape index (κ1) is 6.96. The summed E-state index contributed by atoms with van der Waals surface area (Å²) < 4.78 is 0. The second-order valence-corrected chi connectivity index (χ2v) is 1.33. The molecule has 3 heteroatoms. The van der Waals surface area contributed by atoms with Crippen LogP contribution in [0.1, 0.15) is 6.92 Å². The van der Waals surface area contributed by atoms with E-state index in [0.717, 1.165) is 0 Å². The maximum atomic E-state index is 9.90. The summed E-state index contributed by atoms with van der Waals surface area (Å²) in [5.74, 6) is 0. The zero-order valence-corrected chi connectivity index (χ0v) is 4.79. The number of hydrogen-bond acceptors (Lipinski definition) is 2. The van der Waals surface area contributed by atoms with Crippen molar-refractivity contribution in [2.75, 3.05) is 13.1 Å². The number of nitriles is 1. The van der Waals surface area contributed by atoms with Crippen LogP contribution in [0.4, 0.5) is 0 Å². The maximum absolute atomic E-state index is 9.90. The van der Waals surface area contributed by atoms with Crippen molar-refractivity contribution in [2.45, 2.75) is 6.92 Å². The van der Waals surface area contributed by atoms with Gasteiger partial charge in [0.15, 0.2) is 0 Å². The second kappa shape index (κ2) is 4.13. The molecule has 0 aromatic heterocycles. The van der Waals surface area contributed by atoms with Gasteiger partial charge >= 0.3 is 0 Å². The highest BCUT2D eigenvalue weighted by Gasteiger charge is 1.91. The minimum absolute atomic E-state index is 0.194. The summed E-state index contributed by atoms with van der Waals surface area (Å²) in [6.45, 7) is 2.63. The molecule has 0 aliphatic heterocycles. The molecular formula is C5H8N2O. The third-order valence-electron chi connectivity index (χ3n) is 0.829. The van der Waals surface area contributed by atoms with Crippen LogP contribution in [-0.2, 0) is 4.79 Å². The highest BCUT2D eigenvalue weighted by molar-refractivity contribution is 5.47. The van der Waals surface area contributed by atoms with Crippen LogP contribution in [-0.4, -0.2) is 24.4 Å². The van der Waals surface area contributed by atoms with E-state index in [4.69, 9.17) is 5.26 Å². The van der Waals surface area contributed by atoms with Crippen LogP contribution in [0.15, 0.2) is 0 Å². The predicted octanol–water partition coefficient (Wildman–Crippen LogP) is -0.0117. The Kier molecular flexibility index (Phi) is 3.59. The van der Waals surface area contributed by atoms with Crippen molar-refractivity contribution in [3.05, 3.63) is 0 Å². The lowest BCUT2D eigenvalue weighted by molar-refractivity contribution is -0.117. The van der Waals surface area contributed by atoms with E-state index in [2.05, 4.69) is 0 Å². The average molecular weight is 112 g/mol. The fourth-order valence-corrected chi connectivity index (χ4v) is 0.314. The number of amides is 1. The first-order valence-electron chi connectivity index (χ1n) is 2.41. The number of carbonyl (C=O) groups excluding carboxylic acids is 1. The number of nitrogens with zero attached hydrogens (tertiary/aromatic N) is 2. The standard InChI is InChI=1S/C5H8N2O/c1-2-7(5-8)4-3-6/h5H,2,4H2,1H3. The lowest BCUT2D eigenvalue weighted by atomic mass is 10.6. The van der Waals surface area contributed by atoms with Crippen LogP contribution in [0, 0.1) is 11.3 Å². The zero-order chi connectivity index (χ0) is 6.41. The Morgan fingerprint density at radius 2 is 2.50 bits per heavy atom. The van der Waals surface area contributed by atoms with Crippen molar-refractivity contribution >= 4 is 6.41 Å². The Bertz CT molecular complexity index is 105. The van der Waals surface area contributed by atoms with Crippen molar-refractivity contribution in [3.63, 3.8) is 0 Å². The third kappa shape index (κ3) is 2.19. The van der Waals surface area contributed by atoms with E-state index in [-0.39, 0.29) is 6.54 Å². The molecule has 0 saturated heterocycles. The Morgan fingerprint density at radius 3 is 2.62 bits per heavy atom. The first-order valence-corrected chi connectivity index (χ1v) is 2.41. The molecule has 0 rings (SSSR count). The van der Waals surface area contributed by atoms with Gasteiger partial charge in [-0.3, -0.25) is 4.79 Å². The Hall–Kier alpha value is -1.04. The second-order valence-electron chi connectivity index (χ2n) is 1.33. The maximum Gasteiger partial charge on any atom is 0.210 e. The number of carbonyl (C=O) groups is 1. The van der Waals surface area contributed by atoms with Crippen LogP contribution in [0.3, 0.4) is 0 Å². The summed E-state index contributed by atoms with van der Waals surface area (Å²) in [5, 5.41) is 8.05. The first-order chi connectivity index (χ1) is 3.85. The van der Waals surface area contributed by atoms with Crippen molar-refractivity contribution < 1.29 is 4.79 Å². The average Bonchev–Trinajstić information content (AvgIpc) is 1.83. The lowest BCUT2D eigenvalue weighted by Gasteiger charge is -2.06. The molecule has 3 nitrogen and oxygen atoms in total. The molecule has 8 heavy (non-hydrogen) atoms. The van der Waals surface area contributed by atoms with E-state index < -0.39 is 0 Å². The van der Waals surface area contributed by atoms with E-state index in [1.165, 1.54) is 4.90 Å². The molecule has 1 amide bonds. The Morgan fingerprint density at radius 1 is 1.88 bits per heavy atom. The minimum Gasteiger partial charge on any atom is -0.332 e. The Labute approximate surface area is 48.5 Å². The molecule has 0 fully saturated rings. The zero-order valence-electron chi connectivity index (χ0n) is 4.79. The molecule has 0 unspecified atom stereocenters. The largest absolute Gasteiger partial charge is 0.332 e. The number of rotatable bonds is 3. The summed E-state index contributed by atoms with van der Waals surface area (Å²) in [5.41, 5.74) is 0. The van der Waals surface area contributed by atoms with E-state index in [1.54, 1.807) is 0 Å². The molecule has 0 N–H and O–H groups in total. The summed E-state index contributed by atoms with van der Waals surface area (Å²) in [7, 11) is 0. The molecule has 0 aromatic rings. The van der Waals surface area contributed by atoms with Crippen LogP contribution in [0.25, 0.3) is 0 Å². The minimum atomic E-state index is 0.194. The summed E-state index contributed by atoms with van der Waals surface area (Å²) >= 11 is 0. The van der Waals surface area contributed by atoms with Gasteiger partial charge in [-0.2, -0.15) is 5.26 Å². The molecule has 0 heterocycles. The van der Waals surface area contributed by atoms with Gasteiger partial charge in [0.25, 0.3) is 0 Å². The van der Waals surface area contributed by atoms with Crippen LogP contribution >= 0.6 is 0 Å². The topological polar surface area (TPSA) is 44.1 Å². The van der Waals surface area contributed by atoms with Gasteiger partial charge in [-0.05, 0) is 6.92 Å². The van der Waals surface area contributed by atoms with E-state index in [9.17, 15) is 4.79 Å². The van der Waals surface area contributed by atoms with Gasteiger partial charge in [0.2, 0.25) is 6.41 Å². The highest BCUT2D eigenvalue weighted by atomic mass is 16.1. The molecule has 0 saturated carbocycles. The molecule has 44 valence electrons. The number of hydrogen-bond donors (Lipinski definition) is 0. The third-order valence-corrected chi connectivity index (χ3v) is 0.829.